The Kier molecular flexibility index (Phi) is 3.20. The van der Waals surface area contributed by atoms with E-state index in [1.165, 1.54) is 18.2 Å². The van der Waals surface area contributed by atoms with Gasteiger partial charge in [-0.3, -0.25) is 4.79 Å². The van der Waals surface area contributed by atoms with E-state index in [2.05, 4.69) is 0 Å². The zero-order valence-electron chi connectivity index (χ0n) is 8.58. The van der Waals surface area contributed by atoms with Crippen LogP contribution in [0.15, 0.2) is 36.4 Å². The van der Waals surface area contributed by atoms with Gasteiger partial charge >= 0.3 is 0 Å². The summed E-state index contributed by atoms with van der Waals surface area (Å²) in [5.41, 5.74) is 1.05. The fourth-order valence-corrected chi connectivity index (χ4v) is 1.78. The maximum absolute atomic E-state index is 13.1. The van der Waals surface area contributed by atoms with E-state index in [-0.39, 0.29) is 0 Å². The summed E-state index contributed by atoms with van der Waals surface area (Å²) in [6.45, 7) is 0. The van der Waals surface area contributed by atoms with Crippen LogP contribution in [0.4, 0.5) is 8.78 Å². The zero-order chi connectivity index (χ0) is 12.4. The SMILES string of the molecule is O=Cc1cc(Cl)ccc1-c1cc(F)cc(F)c1. The monoisotopic (exact) mass is 252 g/mol. The van der Waals surface area contributed by atoms with Crippen molar-refractivity contribution in [2.45, 2.75) is 0 Å². The summed E-state index contributed by atoms with van der Waals surface area (Å²) in [6.07, 6.45) is 0.601. The number of carbonyl (C=O) groups excluding carboxylic acids is 1. The number of halogens is 3. The third kappa shape index (κ3) is 2.50. The zero-order valence-corrected chi connectivity index (χ0v) is 9.34. The first-order valence-electron chi connectivity index (χ1n) is 4.81. The van der Waals surface area contributed by atoms with Gasteiger partial charge in [0.1, 0.15) is 11.6 Å². The molecule has 0 saturated carbocycles. The molecule has 0 aliphatic heterocycles. The summed E-state index contributed by atoms with van der Waals surface area (Å²) in [5.74, 6) is -1.38. The normalized spacial score (nSPS) is 10.3. The van der Waals surface area contributed by atoms with Gasteiger partial charge in [-0.25, -0.2) is 8.78 Å². The first-order valence-corrected chi connectivity index (χ1v) is 5.19. The Morgan fingerprint density at radius 1 is 1.00 bits per heavy atom. The van der Waals surface area contributed by atoms with Crippen LogP contribution < -0.4 is 0 Å². The van der Waals surface area contributed by atoms with E-state index >= 15 is 0 Å². The summed E-state index contributed by atoms with van der Waals surface area (Å²) in [5, 5.41) is 0.396. The number of rotatable bonds is 2. The molecule has 2 rings (SSSR count). The molecule has 2 aromatic carbocycles. The molecule has 0 unspecified atom stereocenters. The molecule has 0 N–H and O–H groups in total. The standard InChI is InChI=1S/C13H7ClF2O/c14-10-1-2-13(9(3-10)7-17)8-4-11(15)6-12(16)5-8/h1-7H. The predicted octanol–water partition coefficient (Wildman–Crippen LogP) is 4.10. The summed E-state index contributed by atoms with van der Waals surface area (Å²) < 4.78 is 26.1. The van der Waals surface area contributed by atoms with Crippen molar-refractivity contribution in [2.75, 3.05) is 0 Å². The van der Waals surface area contributed by atoms with Crippen LogP contribution >= 0.6 is 11.6 Å². The number of benzene rings is 2. The minimum Gasteiger partial charge on any atom is -0.298 e. The van der Waals surface area contributed by atoms with E-state index in [9.17, 15) is 13.6 Å². The lowest BCUT2D eigenvalue weighted by Crippen LogP contribution is -1.90. The van der Waals surface area contributed by atoms with E-state index < -0.39 is 11.6 Å². The summed E-state index contributed by atoms with van der Waals surface area (Å²) in [7, 11) is 0. The Morgan fingerprint density at radius 2 is 1.65 bits per heavy atom. The Morgan fingerprint density at radius 3 is 2.24 bits per heavy atom. The van der Waals surface area contributed by atoms with Crippen molar-refractivity contribution < 1.29 is 13.6 Å². The van der Waals surface area contributed by atoms with Crippen LogP contribution in [0.5, 0.6) is 0 Å². The molecule has 0 aliphatic rings. The lowest BCUT2D eigenvalue weighted by molar-refractivity contribution is 0.112. The molecule has 0 aliphatic carbocycles. The van der Waals surface area contributed by atoms with Gasteiger partial charge in [-0.05, 0) is 35.4 Å². The van der Waals surface area contributed by atoms with Crippen LogP contribution in [-0.2, 0) is 0 Å². The molecule has 0 aromatic heterocycles. The fourth-order valence-electron chi connectivity index (χ4n) is 1.60. The van der Waals surface area contributed by atoms with E-state index in [1.54, 1.807) is 12.1 Å². The summed E-state index contributed by atoms with van der Waals surface area (Å²) in [4.78, 5) is 10.9. The molecule has 0 amide bonds. The van der Waals surface area contributed by atoms with Gasteiger partial charge in [0.05, 0.1) is 0 Å². The topological polar surface area (TPSA) is 17.1 Å². The molecule has 1 nitrogen and oxygen atoms in total. The first kappa shape index (κ1) is 11.7. The van der Waals surface area contributed by atoms with E-state index in [0.29, 0.717) is 28.0 Å². The van der Waals surface area contributed by atoms with Gasteiger partial charge in [-0.2, -0.15) is 0 Å². The molecule has 0 atom stereocenters. The average Bonchev–Trinajstić information content (AvgIpc) is 2.27. The molecule has 0 bridgehead atoms. The largest absolute Gasteiger partial charge is 0.298 e. The molecular weight excluding hydrogens is 246 g/mol. The van der Waals surface area contributed by atoms with Crippen molar-refractivity contribution in [3.8, 4) is 11.1 Å². The molecule has 86 valence electrons. The Balaban J connectivity index is 2.63. The second-order valence-electron chi connectivity index (χ2n) is 3.51. The molecule has 0 heterocycles. The van der Waals surface area contributed by atoms with Crippen LogP contribution in [0.3, 0.4) is 0 Å². The minimum atomic E-state index is -0.688. The maximum atomic E-state index is 13.1. The van der Waals surface area contributed by atoms with Gasteiger partial charge in [-0.15, -0.1) is 0 Å². The van der Waals surface area contributed by atoms with Crippen molar-refractivity contribution in [2.24, 2.45) is 0 Å². The highest BCUT2D eigenvalue weighted by molar-refractivity contribution is 6.31. The van der Waals surface area contributed by atoms with Crippen LogP contribution in [0.2, 0.25) is 5.02 Å². The molecule has 2 aromatic rings. The summed E-state index contributed by atoms with van der Waals surface area (Å²) in [6, 6.07) is 7.68. The second-order valence-corrected chi connectivity index (χ2v) is 3.94. The second kappa shape index (κ2) is 4.63. The summed E-state index contributed by atoms with van der Waals surface area (Å²) >= 11 is 5.74. The highest BCUT2D eigenvalue weighted by atomic mass is 35.5. The van der Waals surface area contributed by atoms with Gasteiger partial charge in [0, 0.05) is 16.7 Å². The lowest BCUT2D eigenvalue weighted by atomic mass is 10.0. The van der Waals surface area contributed by atoms with Crippen molar-refractivity contribution >= 4 is 17.9 Å². The van der Waals surface area contributed by atoms with Crippen molar-refractivity contribution in [3.63, 3.8) is 0 Å². The van der Waals surface area contributed by atoms with E-state index in [4.69, 9.17) is 11.6 Å². The van der Waals surface area contributed by atoms with Crippen LogP contribution in [0.1, 0.15) is 10.4 Å². The van der Waals surface area contributed by atoms with Crippen LogP contribution in [-0.4, -0.2) is 6.29 Å². The number of hydrogen-bond acceptors (Lipinski definition) is 1. The van der Waals surface area contributed by atoms with E-state index in [1.807, 2.05) is 0 Å². The fraction of sp³-hybridized carbons (Fsp3) is 0. The van der Waals surface area contributed by atoms with Gasteiger partial charge in [0.2, 0.25) is 0 Å². The van der Waals surface area contributed by atoms with Gasteiger partial charge in [0.15, 0.2) is 6.29 Å². The highest BCUT2D eigenvalue weighted by Gasteiger charge is 2.08. The third-order valence-corrected chi connectivity index (χ3v) is 2.55. The van der Waals surface area contributed by atoms with Crippen molar-refractivity contribution in [1.29, 1.82) is 0 Å². The molecule has 17 heavy (non-hydrogen) atoms. The van der Waals surface area contributed by atoms with Crippen LogP contribution in [0, 0.1) is 11.6 Å². The molecule has 0 fully saturated rings. The molecule has 4 heteroatoms. The average molecular weight is 253 g/mol. The Hall–Kier alpha value is -1.74. The third-order valence-electron chi connectivity index (χ3n) is 2.31. The molecular formula is C13H7ClF2O. The van der Waals surface area contributed by atoms with Crippen molar-refractivity contribution in [3.05, 3.63) is 58.6 Å². The van der Waals surface area contributed by atoms with Gasteiger partial charge < -0.3 is 0 Å². The Labute approximate surface area is 102 Å². The smallest absolute Gasteiger partial charge is 0.150 e. The maximum Gasteiger partial charge on any atom is 0.150 e. The van der Waals surface area contributed by atoms with Crippen molar-refractivity contribution in [1.82, 2.24) is 0 Å². The number of hydrogen-bond donors (Lipinski definition) is 0. The quantitative estimate of drug-likeness (QED) is 0.736. The molecule has 0 spiro atoms. The Bertz CT molecular complexity index is 561. The predicted molar refractivity (Wildman–Crippen MR) is 62.2 cm³/mol. The molecule has 0 saturated heterocycles. The first-order chi connectivity index (χ1) is 8.10. The molecule has 0 radical (unpaired) electrons. The minimum absolute atomic E-state index is 0.294. The van der Waals surface area contributed by atoms with Gasteiger partial charge in [-0.1, -0.05) is 17.7 Å². The van der Waals surface area contributed by atoms with Gasteiger partial charge in [0.25, 0.3) is 0 Å². The lowest BCUT2D eigenvalue weighted by Gasteiger charge is -2.06. The number of aldehydes is 1. The van der Waals surface area contributed by atoms with E-state index in [0.717, 1.165) is 6.07 Å². The van der Waals surface area contributed by atoms with Crippen LogP contribution in [0.25, 0.3) is 11.1 Å². The highest BCUT2D eigenvalue weighted by Crippen LogP contribution is 2.26. The number of carbonyl (C=O) groups is 1.